The van der Waals surface area contributed by atoms with Gasteiger partial charge < -0.3 is 13.6 Å². The molecule has 3 heterocycles. The molecule has 3 aromatic heterocycles. The SMILES string of the molecule is C1=CC2=Cc3oc4cc(-n5c6ccccc6c6cc7c8ccccc8n(-c8ccc(-c9ccccc9)cc8)c7cc65)ccc4c3CC2C=C1. The van der Waals surface area contributed by atoms with Crippen molar-refractivity contribution in [1.29, 1.82) is 0 Å². The van der Waals surface area contributed by atoms with Crippen LogP contribution in [0.25, 0.3) is 83.2 Å². The lowest BCUT2D eigenvalue weighted by atomic mass is 9.83. The van der Waals surface area contributed by atoms with Crippen molar-refractivity contribution in [2.75, 3.05) is 0 Å². The van der Waals surface area contributed by atoms with Gasteiger partial charge >= 0.3 is 0 Å². The Balaban J connectivity index is 1.14. The van der Waals surface area contributed by atoms with Crippen LogP contribution in [0.3, 0.4) is 0 Å². The van der Waals surface area contributed by atoms with Gasteiger partial charge in [-0.05, 0) is 77.7 Å². The highest BCUT2D eigenvalue weighted by Gasteiger charge is 2.25. The fourth-order valence-electron chi connectivity index (χ4n) is 8.36. The Labute approximate surface area is 282 Å². The number of fused-ring (bicyclic) bond motifs is 10. The van der Waals surface area contributed by atoms with E-state index in [1.165, 1.54) is 71.3 Å². The predicted molar refractivity (Wildman–Crippen MR) is 204 cm³/mol. The molecule has 0 N–H and O–H groups in total. The van der Waals surface area contributed by atoms with Crippen LogP contribution in [0.4, 0.5) is 0 Å². The van der Waals surface area contributed by atoms with Crippen LogP contribution in [-0.2, 0) is 6.42 Å². The van der Waals surface area contributed by atoms with E-state index in [1.807, 2.05) is 0 Å². The van der Waals surface area contributed by atoms with Gasteiger partial charge in [0.15, 0.2) is 0 Å². The molecule has 6 aromatic carbocycles. The standard InChI is InChI=1S/C46H30N2O/c1-2-10-29(11-3-1)30-18-20-33(21-19-30)47-41-16-8-6-14-35(41)38-27-39-36-15-7-9-17-42(36)48(44(39)28-43(38)47)34-22-23-37-40-24-31-12-4-5-13-32(31)25-45(40)49-46(37)26-34/h1-23,25-28,31H,24H2. The van der Waals surface area contributed by atoms with Crippen molar-refractivity contribution in [1.82, 2.24) is 9.13 Å². The summed E-state index contributed by atoms with van der Waals surface area (Å²) >= 11 is 0. The third-order valence-electron chi connectivity index (χ3n) is 10.7. The maximum Gasteiger partial charge on any atom is 0.137 e. The number of furan rings is 1. The summed E-state index contributed by atoms with van der Waals surface area (Å²) in [7, 11) is 0. The minimum absolute atomic E-state index is 0.416. The highest BCUT2D eigenvalue weighted by atomic mass is 16.3. The highest BCUT2D eigenvalue weighted by molar-refractivity contribution is 6.19. The van der Waals surface area contributed by atoms with Crippen molar-refractivity contribution in [3.8, 4) is 22.5 Å². The average molecular weight is 627 g/mol. The number of aromatic nitrogens is 2. The van der Waals surface area contributed by atoms with Gasteiger partial charge in [-0.25, -0.2) is 0 Å². The molecule has 0 aliphatic heterocycles. The van der Waals surface area contributed by atoms with Crippen molar-refractivity contribution >= 4 is 60.7 Å². The summed E-state index contributed by atoms with van der Waals surface area (Å²) in [6, 6.07) is 48.6. The van der Waals surface area contributed by atoms with E-state index in [0.29, 0.717) is 5.92 Å². The smallest absolute Gasteiger partial charge is 0.137 e. The molecule has 0 bridgehead atoms. The Hall–Kier alpha value is -6.32. The van der Waals surface area contributed by atoms with E-state index in [-0.39, 0.29) is 0 Å². The zero-order chi connectivity index (χ0) is 32.1. The Morgan fingerprint density at radius 1 is 0.510 bits per heavy atom. The summed E-state index contributed by atoms with van der Waals surface area (Å²) in [6.45, 7) is 0. The first-order chi connectivity index (χ1) is 24.3. The van der Waals surface area contributed by atoms with Crippen LogP contribution >= 0.6 is 0 Å². The first kappa shape index (κ1) is 26.7. The van der Waals surface area contributed by atoms with E-state index in [9.17, 15) is 0 Å². The molecule has 9 aromatic rings. The number of benzene rings is 6. The Morgan fingerprint density at radius 2 is 1.16 bits per heavy atom. The molecule has 0 amide bonds. The molecule has 0 radical (unpaired) electrons. The monoisotopic (exact) mass is 626 g/mol. The predicted octanol–water partition coefficient (Wildman–Crippen LogP) is 12.0. The first-order valence-corrected chi connectivity index (χ1v) is 17.0. The summed E-state index contributed by atoms with van der Waals surface area (Å²) in [5.41, 5.74) is 13.0. The molecule has 0 saturated heterocycles. The second-order valence-corrected chi connectivity index (χ2v) is 13.3. The molecule has 11 rings (SSSR count). The van der Waals surface area contributed by atoms with Gasteiger partial charge in [-0.2, -0.15) is 0 Å². The van der Waals surface area contributed by atoms with E-state index in [0.717, 1.165) is 29.1 Å². The first-order valence-electron chi connectivity index (χ1n) is 17.0. The van der Waals surface area contributed by atoms with E-state index < -0.39 is 0 Å². The number of rotatable bonds is 3. The van der Waals surface area contributed by atoms with Gasteiger partial charge in [-0.1, -0.05) is 103 Å². The van der Waals surface area contributed by atoms with Gasteiger partial charge in [-0.3, -0.25) is 0 Å². The van der Waals surface area contributed by atoms with Gasteiger partial charge in [0.25, 0.3) is 0 Å². The van der Waals surface area contributed by atoms with Crippen LogP contribution in [-0.4, -0.2) is 9.13 Å². The minimum Gasteiger partial charge on any atom is -0.456 e. The van der Waals surface area contributed by atoms with Crippen LogP contribution < -0.4 is 0 Å². The second kappa shape index (κ2) is 10.1. The van der Waals surface area contributed by atoms with E-state index in [2.05, 4.69) is 173 Å². The number of para-hydroxylation sites is 2. The quantitative estimate of drug-likeness (QED) is 0.191. The average Bonchev–Trinajstić information content (AvgIpc) is 3.80. The maximum atomic E-state index is 6.58. The largest absolute Gasteiger partial charge is 0.456 e. The summed E-state index contributed by atoms with van der Waals surface area (Å²) in [4.78, 5) is 0. The van der Waals surface area contributed by atoms with Crippen molar-refractivity contribution in [2.45, 2.75) is 6.42 Å². The molecular formula is C46H30N2O. The lowest BCUT2D eigenvalue weighted by Gasteiger charge is -2.20. The molecule has 230 valence electrons. The van der Waals surface area contributed by atoms with Gasteiger partial charge in [0.2, 0.25) is 0 Å². The number of nitrogens with zero attached hydrogens (tertiary/aromatic N) is 2. The normalized spacial score (nSPS) is 15.4. The van der Waals surface area contributed by atoms with E-state index in [1.54, 1.807) is 0 Å². The lowest BCUT2D eigenvalue weighted by molar-refractivity contribution is 0.586. The Kier molecular flexibility index (Phi) is 5.50. The summed E-state index contributed by atoms with van der Waals surface area (Å²) in [5, 5.41) is 6.21. The second-order valence-electron chi connectivity index (χ2n) is 13.3. The molecule has 3 nitrogen and oxygen atoms in total. The van der Waals surface area contributed by atoms with Gasteiger partial charge in [0.1, 0.15) is 11.3 Å². The molecule has 2 aliphatic rings. The van der Waals surface area contributed by atoms with Gasteiger partial charge in [-0.15, -0.1) is 0 Å². The highest BCUT2D eigenvalue weighted by Crippen LogP contribution is 2.42. The fraction of sp³-hybridized carbons (Fsp3) is 0.0435. The Morgan fingerprint density at radius 3 is 1.92 bits per heavy atom. The molecule has 2 aliphatic carbocycles. The summed E-state index contributed by atoms with van der Waals surface area (Å²) in [6.07, 6.45) is 12.0. The Bertz CT molecular complexity index is 2890. The van der Waals surface area contributed by atoms with Crippen molar-refractivity contribution in [3.05, 3.63) is 175 Å². The third kappa shape index (κ3) is 3.90. The topological polar surface area (TPSA) is 23.0 Å². The van der Waals surface area contributed by atoms with E-state index in [4.69, 9.17) is 4.42 Å². The molecule has 0 saturated carbocycles. The molecule has 1 unspecified atom stereocenters. The zero-order valence-corrected chi connectivity index (χ0v) is 26.7. The van der Waals surface area contributed by atoms with Crippen LogP contribution in [0.2, 0.25) is 0 Å². The van der Waals surface area contributed by atoms with Crippen LogP contribution in [0, 0.1) is 5.92 Å². The maximum absolute atomic E-state index is 6.58. The van der Waals surface area contributed by atoms with Gasteiger partial charge in [0.05, 0.1) is 22.1 Å². The zero-order valence-electron chi connectivity index (χ0n) is 26.7. The van der Waals surface area contributed by atoms with Crippen LogP contribution in [0.1, 0.15) is 11.3 Å². The molecule has 3 heteroatoms. The van der Waals surface area contributed by atoms with Gasteiger partial charge in [0, 0.05) is 55.9 Å². The number of hydrogen-bond donors (Lipinski definition) is 0. The van der Waals surface area contributed by atoms with E-state index >= 15 is 0 Å². The van der Waals surface area contributed by atoms with Crippen LogP contribution in [0.15, 0.2) is 168 Å². The lowest BCUT2D eigenvalue weighted by Crippen LogP contribution is -2.10. The molecule has 49 heavy (non-hydrogen) atoms. The minimum atomic E-state index is 0.416. The number of hydrogen-bond acceptors (Lipinski definition) is 1. The van der Waals surface area contributed by atoms with Crippen molar-refractivity contribution in [3.63, 3.8) is 0 Å². The van der Waals surface area contributed by atoms with Crippen molar-refractivity contribution < 1.29 is 4.42 Å². The fourth-order valence-corrected chi connectivity index (χ4v) is 8.36. The molecule has 0 spiro atoms. The number of allylic oxidation sites excluding steroid dienone is 5. The molecule has 1 atom stereocenters. The van der Waals surface area contributed by atoms with Crippen LogP contribution in [0.5, 0.6) is 0 Å². The van der Waals surface area contributed by atoms with Crippen molar-refractivity contribution in [2.24, 2.45) is 5.92 Å². The molecular weight excluding hydrogens is 597 g/mol. The summed E-state index contributed by atoms with van der Waals surface area (Å²) < 4.78 is 11.4. The third-order valence-corrected chi connectivity index (χ3v) is 10.7. The summed E-state index contributed by atoms with van der Waals surface area (Å²) in [5.74, 6) is 1.41. The molecule has 0 fully saturated rings.